The fourth-order valence-corrected chi connectivity index (χ4v) is 2.93. The number of rotatable bonds is 2. The van der Waals surface area contributed by atoms with Gasteiger partial charge in [0.15, 0.2) is 0 Å². The van der Waals surface area contributed by atoms with E-state index < -0.39 is 17.0 Å². The molecular formula is C12H12BrClF2O. The van der Waals surface area contributed by atoms with E-state index in [1.54, 1.807) is 0 Å². The lowest BCUT2D eigenvalue weighted by Gasteiger charge is -2.21. The number of ether oxygens (including phenoxy) is 1. The van der Waals surface area contributed by atoms with Crippen molar-refractivity contribution < 1.29 is 13.5 Å². The molecule has 0 radical (unpaired) electrons. The number of benzene rings is 1. The molecule has 1 fully saturated rings. The Morgan fingerprint density at radius 3 is 2.71 bits per heavy atom. The molecule has 0 aliphatic carbocycles. The quantitative estimate of drug-likeness (QED) is 0.577. The summed E-state index contributed by atoms with van der Waals surface area (Å²) in [7, 11) is 0. The van der Waals surface area contributed by atoms with Gasteiger partial charge in [0.1, 0.15) is 11.6 Å². The van der Waals surface area contributed by atoms with Crippen LogP contribution in [-0.2, 0) is 4.74 Å². The molecule has 0 aromatic heterocycles. The van der Waals surface area contributed by atoms with Crippen molar-refractivity contribution in [2.75, 3.05) is 6.61 Å². The first-order valence-electron chi connectivity index (χ1n) is 5.41. The molecule has 0 N–H and O–H groups in total. The van der Waals surface area contributed by atoms with Crippen LogP contribution in [-0.4, -0.2) is 12.7 Å². The third-order valence-electron chi connectivity index (χ3n) is 3.15. The molecule has 1 saturated heterocycles. The minimum atomic E-state index is -0.560. The van der Waals surface area contributed by atoms with Gasteiger partial charge in [-0.05, 0) is 41.4 Å². The first-order valence-corrected chi connectivity index (χ1v) is 6.63. The Hall–Kier alpha value is -0.190. The van der Waals surface area contributed by atoms with Crippen LogP contribution >= 0.6 is 27.5 Å². The Kier molecular flexibility index (Phi) is 4.06. The van der Waals surface area contributed by atoms with Crippen molar-refractivity contribution in [3.8, 4) is 0 Å². The molecular weight excluding hydrogens is 313 g/mol. The van der Waals surface area contributed by atoms with Gasteiger partial charge in [-0.1, -0.05) is 0 Å². The van der Waals surface area contributed by atoms with Crippen LogP contribution in [0, 0.1) is 17.6 Å². The maximum absolute atomic E-state index is 13.7. The van der Waals surface area contributed by atoms with Gasteiger partial charge in [-0.15, -0.1) is 11.6 Å². The molecule has 1 aromatic rings. The fraction of sp³-hybridized carbons (Fsp3) is 0.500. The van der Waals surface area contributed by atoms with E-state index in [0.29, 0.717) is 6.61 Å². The Labute approximate surface area is 112 Å². The molecule has 0 amide bonds. The van der Waals surface area contributed by atoms with E-state index in [2.05, 4.69) is 15.9 Å². The summed E-state index contributed by atoms with van der Waals surface area (Å²) < 4.78 is 32.6. The summed E-state index contributed by atoms with van der Waals surface area (Å²) in [5.74, 6) is -0.970. The zero-order chi connectivity index (χ0) is 12.6. The standard InChI is InChI=1S/C12H12BrClF2O/c1-6-7(2-3-17-6)12(14)8-4-11(16)9(13)5-10(8)15/h4-7,12H,2-3H2,1H3. The van der Waals surface area contributed by atoms with Crippen LogP contribution in [0.3, 0.4) is 0 Å². The first kappa shape index (κ1) is 13.2. The minimum absolute atomic E-state index is 0.0201. The summed E-state index contributed by atoms with van der Waals surface area (Å²) in [5.41, 5.74) is 0.203. The second-order valence-electron chi connectivity index (χ2n) is 4.22. The van der Waals surface area contributed by atoms with Crippen LogP contribution in [0.25, 0.3) is 0 Å². The van der Waals surface area contributed by atoms with Crippen molar-refractivity contribution in [1.82, 2.24) is 0 Å². The highest BCUT2D eigenvalue weighted by Gasteiger charge is 2.33. The van der Waals surface area contributed by atoms with E-state index in [4.69, 9.17) is 16.3 Å². The van der Waals surface area contributed by atoms with E-state index in [-0.39, 0.29) is 22.1 Å². The smallest absolute Gasteiger partial charge is 0.137 e. The zero-order valence-corrected chi connectivity index (χ0v) is 11.6. The normalized spacial score (nSPS) is 26.2. The van der Waals surface area contributed by atoms with E-state index >= 15 is 0 Å². The molecule has 17 heavy (non-hydrogen) atoms. The van der Waals surface area contributed by atoms with Gasteiger partial charge in [-0.2, -0.15) is 0 Å². The Morgan fingerprint density at radius 1 is 1.41 bits per heavy atom. The third kappa shape index (κ3) is 2.64. The van der Waals surface area contributed by atoms with E-state index in [1.807, 2.05) is 6.92 Å². The Balaban J connectivity index is 2.30. The summed E-state index contributed by atoms with van der Waals surface area (Å²) in [4.78, 5) is 0. The SMILES string of the molecule is CC1OCCC1C(Cl)c1cc(F)c(Br)cc1F. The van der Waals surface area contributed by atoms with E-state index in [0.717, 1.165) is 18.6 Å². The fourth-order valence-electron chi connectivity index (χ4n) is 2.11. The highest BCUT2D eigenvalue weighted by Crippen LogP contribution is 2.39. The highest BCUT2D eigenvalue weighted by molar-refractivity contribution is 9.10. The lowest BCUT2D eigenvalue weighted by Crippen LogP contribution is -2.17. The molecule has 5 heteroatoms. The van der Waals surface area contributed by atoms with Crippen molar-refractivity contribution in [2.45, 2.75) is 24.8 Å². The molecule has 0 saturated carbocycles. The largest absolute Gasteiger partial charge is 0.378 e. The molecule has 1 heterocycles. The predicted molar refractivity (Wildman–Crippen MR) is 66.2 cm³/mol. The second-order valence-corrected chi connectivity index (χ2v) is 5.54. The molecule has 2 rings (SSSR count). The lowest BCUT2D eigenvalue weighted by atomic mass is 9.93. The van der Waals surface area contributed by atoms with Crippen LogP contribution in [0.2, 0.25) is 0 Å². The number of alkyl halides is 1. The molecule has 1 aliphatic heterocycles. The zero-order valence-electron chi connectivity index (χ0n) is 9.22. The molecule has 1 aliphatic rings. The maximum atomic E-state index is 13.7. The van der Waals surface area contributed by atoms with Gasteiger partial charge in [-0.25, -0.2) is 8.78 Å². The molecule has 3 unspecified atom stereocenters. The van der Waals surface area contributed by atoms with Crippen LogP contribution in [0.15, 0.2) is 16.6 Å². The Morgan fingerprint density at radius 2 is 2.12 bits per heavy atom. The van der Waals surface area contributed by atoms with Gasteiger partial charge in [0.2, 0.25) is 0 Å². The molecule has 94 valence electrons. The highest BCUT2D eigenvalue weighted by atomic mass is 79.9. The minimum Gasteiger partial charge on any atom is -0.378 e. The van der Waals surface area contributed by atoms with Gasteiger partial charge in [0.05, 0.1) is 16.0 Å². The van der Waals surface area contributed by atoms with Crippen LogP contribution in [0.4, 0.5) is 8.78 Å². The van der Waals surface area contributed by atoms with Gasteiger partial charge >= 0.3 is 0 Å². The molecule has 3 atom stereocenters. The molecule has 0 bridgehead atoms. The average molecular weight is 326 g/mol. The van der Waals surface area contributed by atoms with Gasteiger partial charge in [0, 0.05) is 18.1 Å². The lowest BCUT2D eigenvalue weighted by molar-refractivity contribution is 0.104. The number of hydrogen-bond acceptors (Lipinski definition) is 1. The Bertz CT molecular complexity index is 427. The number of halogens is 4. The monoisotopic (exact) mass is 324 g/mol. The van der Waals surface area contributed by atoms with Gasteiger partial charge < -0.3 is 4.74 Å². The summed E-state index contributed by atoms with van der Waals surface area (Å²) in [5, 5.41) is -0.560. The molecule has 1 aromatic carbocycles. The summed E-state index contributed by atoms with van der Waals surface area (Å²) >= 11 is 9.18. The van der Waals surface area contributed by atoms with E-state index in [1.165, 1.54) is 0 Å². The van der Waals surface area contributed by atoms with Gasteiger partial charge in [-0.3, -0.25) is 0 Å². The van der Waals surface area contributed by atoms with Crippen molar-refractivity contribution in [1.29, 1.82) is 0 Å². The second kappa shape index (κ2) is 5.21. The summed E-state index contributed by atoms with van der Waals surface area (Å²) in [6, 6.07) is 2.27. The third-order valence-corrected chi connectivity index (χ3v) is 4.31. The van der Waals surface area contributed by atoms with Crippen molar-refractivity contribution in [2.24, 2.45) is 5.92 Å². The van der Waals surface area contributed by atoms with Crippen LogP contribution < -0.4 is 0 Å². The molecule has 0 spiro atoms. The summed E-state index contributed by atoms with van der Waals surface area (Å²) in [6.45, 7) is 2.52. The topological polar surface area (TPSA) is 9.23 Å². The predicted octanol–water partition coefficient (Wildman–Crippen LogP) is 4.43. The number of hydrogen-bond donors (Lipinski definition) is 0. The molecule has 1 nitrogen and oxygen atoms in total. The van der Waals surface area contributed by atoms with Crippen molar-refractivity contribution in [3.05, 3.63) is 33.8 Å². The van der Waals surface area contributed by atoms with Crippen LogP contribution in [0.1, 0.15) is 24.3 Å². The summed E-state index contributed by atoms with van der Waals surface area (Å²) in [6.07, 6.45) is 0.746. The van der Waals surface area contributed by atoms with Gasteiger partial charge in [0.25, 0.3) is 0 Å². The van der Waals surface area contributed by atoms with Crippen LogP contribution in [0.5, 0.6) is 0 Å². The average Bonchev–Trinajstić information content (AvgIpc) is 2.69. The van der Waals surface area contributed by atoms with Crippen molar-refractivity contribution in [3.63, 3.8) is 0 Å². The van der Waals surface area contributed by atoms with E-state index in [9.17, 15) is 8.78 Å². The van der Waals surface area contributed by atoms with Crippen molar-refractivity contribution >= 4 is 27.5 Å². The maximum Gasteiger partial charge on any atom is 0.137 e. The first-order chi connectivity index (χ1) is 8.00.